The number of aryl methyl sites for hydroxylation is 1. The van der Waals surface area contributed by atoms with Crippen LogP contribution in [0, 0.1) is 12.7 Å². The molecule has 1 aliphatic rings. The molecular weight excluding hydrogens is 201 g/mol. The first kappa shape index (κ1) is 11.3. The second-order valence-corrected chi connectivity index (χ2v) is 4.41. The second-order valence-electron chi connectivity index (χ2n) is 4.41. The van der Waals surface area contributed by atoms with Gasteiger partial charge in [0.2, 0.25) is 0 Å². The zero-order valence-corrected chi connectivity index (χ0v) is 9.72. The summed E-state index contributed by atoms with van der Waals surface area (Å²) in [5, 5.41) is 3.37. The molecule has 0 aliphatic carbocycles. The van der Waals surface area contributed by atoms with Gasteiger partial charge in [-0.2, -0.15) is 0 Å². The molecule has 1 nitrogen and oxygen atoms in total. The van der Waals surface area contributed by atoms with Crippen LogP contribution in [-0.2, 0) is 0 Å². The molecule has 0 atom stereocenters. The second kappa shape index (κ2) is 5.26. The van der Waals surface area contributed by atoms with Crippen molar-refractivity contribution in [2.75, 3.05) is 13.1 Å². The number of hydrogen-bond acceptors (Lipinski definition) is 1. The van der Waals surface area contributed by atoms with Gasteiger partial charge in [0.25, 0.3) is 0 Å². The zero-order chi connectivity index (χ0) is 11.4. The van der Waals surface area contributed by atoms with Crippen LogP contribution < -0.4 is 5.32 Å². The summed E-state index contributed by atoms with van der Waals surface area (Å²) in [4.78, 5) is 0. The van der Waals surface area contributed by atoms with Gasteiger partial charge in [0.05, 0.1) is 0 Å². The minimum atomic E-state index is -0.149. The molecule has 1 fully saturated rings. The average Bonchev–Trinajstić information content (AvgIpc) is 2.52. The van der Waals surface area contributed by atoms with Crippen molar-refractivity contribution in [3.8, 4) is 0 Å². The maximum Gasteiger partial charge on any atom is 0.123 e. The van der Waals surface area contributed by atoms with E-state index in [1.807, 2.05) is 13.0 Å². The van der Waals surface area contributed by atoms with Crippen LogP contribution in [0.2, 0.25) is 0 Å². The largest absolute Gasteiger partial charge is 0.316 e. The van der Waals surface area contributed by atoms with Crippen LogP contribution in [0.15, 0.2) is 23.8 Å². The first-order chi connectivity index (χ1) is 7.75. The molecule has 1 aromatic rings. The van der Waals surface area contributed by atoms with Gasteiger partial charge in [-0.1, -0.05) is 17.7 Å². The quantitative estimate of drug-likeness (QED) is 0.764. The Bertz CT molecular complexity index is 386. The number of halogens is 1. The van der Waals surface area contributed by atoms with Crippen LogP contribution in [0.3, 0.4) is 0 Å². The van der Waals surface area contributed by atoms with E-state index in [9.17, 15) is 4.39 Å². The third kappa shape index (κ3) is 2.92. The third-order valence-corrected chi connectivity index (χ3v) is 3.08. The normalized spacial score (nSPS) is 19.8. The molecule has 2 heteroatoms. The summed E-state index contributed by atoms with van der Waals surface area (Å²) in [7, 11) is 0. The number of nitrogens with one attached hydrogen (secondary N) is 1. The van der Waals surface area contributed by atoms with Crippen molar-refractivity contribution in [3.63, 3.8) is 0 Å². The molecule has 0 spiro atoms. The first-order valence-corrected chi connectivity index (χ1v) is 5.92. The van der Waals surface area contributed by atoms with Crippen LogP contribution >= 0.6 is 0 Å². The Hall–Kier alpha value is -1.15. The van der Waals surface area contributed by atoms with Crippen molar-refractivity contribution in [2.45, 2.75) is 26.2 Å². The summed E-state index contributed by atoms with van der Waals surface area (Å²) in [6.45, 7) is 4.17. The topological polar surface area (TPSA) is 12.0 Å². The van der Waals surface area contributed by atoms with Gasteiger partial charge in [0.15, 0.2) is 0 Å². The van der Waals surface area contributed by atoms with Crippen molar-refractivity contribution < 1.29 is 4.39 Å². The summed E-state index contributed by atoms with van der Waals surface area (Å²) < 4.78 is 13.1. The Balaban J connectivity index is 2.22. The lowest BCUT2D eigenvalue weighted by Gasteiger charge is -2.05. The van der Waals surface area contributed by atoms with Gasteiger partial charge in [-0.15, -0.1) is 0 Å². The van der Waals surface area contributed by atoms with Crippen molar-refractivity contribution in [1.82, 2.24) is 5.32 Å². The molecule has 0 radical (unpaired) electrons. The third-order valence-electron chi connectivity index (χ3n) is 3.08. The van der Waals surface area contributed by atoms with Crippen molar-refractivity contribution in [1.29, 1.82) is 0 Å². The van der Waals surface area contributed by atoms with Crippen LogP contribution in [0.1, 0.15) is 30.4 Å². The molecule has 0 unspecified atom stereocenters. The van der Waals surface area contributed by atoms with E-state index in [1.54, 1.807) is 6.07 Å². The summed E-state index contributed by atoms with van der Waals surface area (Å²) in [6, 6.07) is 4.99. The zero-order valence-electron chi connectivity index (χ0n) is 9.72. The van der Waals surface area contributed by atoms with Crippen LogP contribution in [-0.4, -0.2) is 13.1 Å². The van der Waals surface area contributed by atoms with Crippen LogP contribution in [0.5, 0.6) is 0 Å². The summed E-state index contributed by atoms with van der Waals surface area (Å²) in [6.07, 6.45) is 5.55. The summed E-state index contributed by atoms with van der Waals surface area (Å²) in [5.41, 5.74) is 3.60. The van der Waals surface area contributed by atoms with Gasteiger partial charge < -0.3 is 5.32 Å². The van der Waals surface area contributed by atoms with Gasteiger partial charge in [0.1, 0.15) is 5.82 Å². The van der Waals surface area contributed by atoms with E-state index in [4.69, 9.17) is 0 Å². The fourth-order valence-electron chi connectivity index (χ4n) is 2.07. The maximum atomic E-state index is 13.1. The molecule has 16 heavy (non-hydrogen) atoms. The van der Waals surface area contributed by atoms with E-state index in [0.717, 1.165) is 37.1 Å². The first-order valence-electron chi connectivity index (χ1n) is 5.92. The molecule has 0 aromatic heterocycles. The van der Waals surface area contributed by atoms with Crippen molar-refractivity contribution >= 4 is 6.08 Å². The molecule has 1 heterocycles. The average molecular weight is 219 g/mol. The standard InChI is InChI=1S/C14H18FN/c1-11-4-5-14(15)10-13(11)9-12-3-2-7-16-8-6-12/h4-5,9-10,16H,2-3,6-8H2,1H3/b12-9-. The summed E-state index contributed by atoms with van der Waals surface area (Å²) in [5.74, 6) is -0.149. The minimum Gasteiger partial charge on any atom is -0.316 e. The molecule has 0 amide bonds. The van der Waals surface area contributed by atoms with E-state index in [1.165, 1.54) is 18.1 Å². The van der Waals surface area contributed by atoms with Crippen LogP contribution in [0.4, 0.5) is 4.39 Å². The molecule has 2 rings (SSSR count). The molecule has 1 aliphatic heterocycles. The monoisotopic (exact) mass is 219 g/mol. The Morgan fingerprint density at radius 3 is 3.00 bits per heavy atom. The van der Waals surface area contributed by atoms with Crippen molar-refractivity contribution in [3.05, 3.63) is 40.7 Å². The molecule has 1 saturated heterocycles. The van der Waals surface area contributed by atoms with Gasteiger partial charge in [-0.3, -0.25) is 0 Å². The minimum absolute atomic E-state index is 0.149. The predicted molar refractivity (Wildman–Crippen MR) is 65.8 cm³/mol. The van der Waals surface area contributed by atoms with Gasteiger partial charge >= 0.3 is 0 Å². The summed E-state index contributed by atoms with van der Waals surface area (Å²) >= 11 is 0. The Morgan fingerprint density at radius 1 is 1.25 bits per heavy atom. The lowest BCUT2D eigenvalue weighted by atomic mass is 10.0. The highest BCUT2D eigenvalue weighted by Gasteiger charge is 2.05. The Kier molecular flexibility index (Phi) is 3.73. The molecule has 1 aromatic carbocycles. The Morgan fingerprint density at radius 2 is 2.12 bits per heavy atom. The maximum absolute atomic E-state index is 13.1. The van der Waals surface area contributed by atoms with Crippen LogP contribution in [0.25, 0.3) is 6.08 Å². The van der Waals surface area contributed by atoms with E-state index < -0.39 is 0 Å². The van der Waals surface area contributed by atoms with Gasteiger partial charge in [-0.05, 0) is 62.5 Å². The van der Waals surface area contributed by atoms with E-state index in [0.29, 0.717) is 0 Å². The van der Waals surface area contributed by atoms with Gasteiger partial charge in [-0.25, -0.2) is 4.39 Å². The molecule has 1 N–H and O–H groups in total. The lowest BCUT2D eigenvalue weighted by molar-refractivity contribution is 0.627. The van der Waals surface area contributed by atoms with Crippen molar-refractivity contribution in [2.24, 2.45) is 0 Å². The highest BCUT2D eigenvalue weighted by molar-refractivity contribution is 5.56. The van der Waals surface area contributed by atoms with Gasteiger partial charge in [0, 0.05) is 0 Å². The van der Waals surface area contributed by atoms with E-state index in [2.05, 4.69) is 11.4 Å². The highest BCUT2D eigenvalue weighted by atomic mass is 19.1. The van der Waals surface area contributed by atoms with E-state index in [-0.39, 0.29) is 5.82 Å². The molecule has 86 valence electrons. The molecule has 0 saturated carbocycles. The lowest BCUT2D eigenvalue weighted by Crippen LogP contribution is -2.13. The smallest absolute Gasteiger partial charge is 0.123 e. The number of benzene rings is 1. The Labute approximate surface area is 96.4 Å². The SMILES string of the molecule is Cc1ccc(F)cc1/C=C1/CCCNCC1. The highest BCUT2D eigenvalue weighted by Crippen LogP contribution is 2.19. The fourth-order valence-corrected chi connectivity index (χ4v) is 2.07. The number of hydrogen-bond donors (Lipinski definition) is 1. The fraction of sp³-hybridized carbons (Fsp3) is 0.429. The predicted octanol–water partition coefficient (Wildman–Crippen LogP) is 3.29. The van der Waals surface area contributed by atoms with E-state index >= 15 is 0 Å². The molecular formula is C14H18FN. The number of rotatable bonds is 1. The molecule has 0 bridgehead atoms.